The van der Waals surface area contributed by atoms with E-state index in [0.717, 1.165) is 13.0 Å². The van der Waals surface area contributed by atoms with Crippen LogP contribution >= 0.6 is 0 Å². The van der Waals surface area contributed by atoms with Gasteiger partial charge in [0.1, 0.15) is 0 Å². The third-order valence-electron chi connectivity index (χ3n) is 2.95. The SMILES string of the molecule is CNc1nccc(C(=O)NCC2CCOC2)c1F. The molecule has 1 aromatic heterocycles. The predicted molar refractivity (Wildman–Crippen MR) is 65.0 cm³/mol. The zero-order chi connectivity index (χ0) is 13.0. The average Bonchev–Trinajstić information content (AvgIpc) is 2.89. The van der Waals surface area contributed by atoms with Crippen LogP contribution in [-0.2, 0) is 4.74 Å². The fourth-order valence-corrected chi connectivity index (χ4v) is 1.87. The van der Waals surface area contributed by atoms with E-state index < -0.39 is 11.7 Å². The Bertz CT molecular complexity index is 433. The van der Waals surface area contributed by atoms with Gasteiger partial charge in [-0.05, 0) is 12.5 Å². The van der Waals surface area contributed by atoms with E-state index in [1.165, 1.54) is 12.3 Å². The van der Waals surface area contributed by atoms with Crippen LogP contribution in [0.4, 0.5) is 10.2 Å². The number of ether oxygens (including phenoxy) is 1. The van der Waals surface area contributed by atoms with Crippen molar-refractivity contribution in [2.24, 2.45) is 5.92 Å². The lowest BCUT2D eigenvalue weighted by Crippen LogP contribution is -2.30. The van der Waals surface area contributed by atoms with Crippen molar-refractivity contribution in [3.8, 4) is 0 Å². The summed E-state index contributed by atoms with van der Waals surface area (Å²) in [6.45, 7) is 1.89. The Balaban J connectivity index is 1.99. The standard InChI is InChI=1S/C12H16FN3O2/c1-14-11-10(13)9(2-4-15-11)12(17)16-6-8-3-5-18-7-8/h2,4,8H,3,5-7H2,1H3,(H,14,15)(H,16,17). The second-order valence-corrected chi connectivity index (χ2v) is 4.21. The first-order valence-corrected chi connectivity index (χ1v) is 5.90. The minimum atomic E-state index is -0.625. The van der Waals surface area contributed by atoms with Gasteiger partial charge in [-0.1, -0.05) is 0 Å². The van der Waals surface area contributed by atoms with Crippen LogP contribution in [0.3, 0.4) is 0 Å². The maximum absolute atomic E-state index is 13.8. The van der Waals surface area contributed by atoms with E-state index in [1.807, 2.05) is 0 Å². The molecule has 2 rings (SSSR count). The highest BCUT2D eigenvalue weighted by Gasteiger charge is 2.19. The summed E-state index contributed by atoms with van der Waals surface area (Å²) < 4.78 is 19.0. The van der Waals surface area contributed by atoms with Gasteiger partial charge in [-0.2, -0.15) is 0 Å². The Hall–Kier alpha value is -1.69. The van der Waals surface area contributed by atoms with Crippen LogP contribution in [0.25, 0.3) is 0 Å². The molecular weight excluding hydrogens is 237 g/mol. The Morgan fingerprint density at radius 1 is 1.67 bits per heavy atom. The van der Waals surface area contributed by atoms with Gasteiger partial charge in [0.2, 0.25) is 0 Å². The van der Waals surface area contributed by atoms with Gasteiger partial charge in [-0.25, -0.2) is 9.37 Å². The minimum Gasteiger partial charge on any atom is -0.381 e. The van der Waals surface area contributed by atoms with Crippen LogP contribution in [0.5, 0.6) is 0 Å². The Kier molecular flexibility index (Phi) is 4.09. The summed E-state index contributed by atoms with van der Waals surface area (Å²) in [7, 11) is 1.56. The molecule has 5 nitrogen and oxygen atoms in total. The lowest BCUT2D eigenvalue weighted by molar-refractivity contribution is 0.0941. The van der Waals surface area contributed by atoms with Crippen molar-refractivity contribution in [2.75, 3.05) is 32.1 Å². The fourth-order valence-electron chi connectivity index (χ4n) is 1.87. The van der Waals surface area contributed by atoms with Gasteiger partial charge in [0.15, 0.2) is 11.6 Å². The number of carbonyl (C=O) groups excluding carboxylic acids is 1. The topological polar surface area (TPSA) is 63.2 Å². The lowest BCUT2D eigenvalue weighted by Gasteiger charge is -2.10. The van der Waals surface area contributed by atoms with Crippen molar-refractivity contribution in [2.45, 2.75) is 6.42 Å². The minimum absolute atomic E-state index is 0.00765. The van der Waals surface area contributed by atoms with E-state index in [-0.39, 0.29) is 11.4 Å². The number of hydrogen-bond donors (Lipinski definition) is 2. The van der Waals surface area contributed by atoms with Crippen LogP contribution in [0.1, 0.15) is 16.8 Å². The van der Waals surface area contributed by atoms with E-state index in [4.69, 9.17) is 4.74 Å². The van der Waals surface area contributed by atoms with Crippen molar-refractivity contribution in [1.29, 1.82) is 0 Å². The molecule has 0 saturated carbocycles. The lowest BCUT2D eigenvalue weighted by atomic mass is 10.1. The molecule has 0 bridgehead atoms. The molecule has 18 heavy (non-hydrogen) atoms. The van der Waals surface area contributed by atoms with Crippen LogP contribution in [-0.4, -0.2) is 37.7 Å². The second-order valence-electron chi connectivity index (χ2n) is 4.21. The Morgan fingerprint density at radius 2 is 2.50 bits per heavy atom. The normalized spacial score (nSPS) is 18.7. The first-order chi connectivity index (χ1) is 8.72. The molecule has 1 aromatic rings. The van der Waals surface area contributed by atoms with Crippen LogP contribution < -0.4 is 10.6 Å². The van der Waals surface area contributed by atoms with Crippen LogP contribution in [0.2, 0.25) is 0 Å². The number of nitrogens with one attached hydrogen (secondary N) is 2. The molecular formula is C12H16FN3O2. The van der Waals surface area contributed by atoms with E-state index in [2.05, 4.69) is 15.6 Å². The maximum Gasteiger partial charge on any atom is 0.254 e. The summed E-state index contributed by atoms with van der Waals surface area (Å²) >= 11 is 0. The predicted octanol–water partition coefficient (Wildman–Crippen LogP) is 1.03. The molecule has 6 heteroatoms. The summed E-state index contributed by atoms with van der Waals surface area (Å²) in [5.41, 5.74) is 0.00765. The molecule has 1 saturated heterocycles. The van der Waals surface area contributed by atoms with Gasteiger partial charge in [0.25, 0.3) is 5.91 Å². The number of hydrogen-bond acceptors (Lipinski definition) is 4. The van der Waals surface area contributed by atoms with Crippen LogP contribution in [0.15, 0.2) is 12.3 Å². The van der Waals surface area contributed by atoms with Gasteiger partial charge >= 0.3 is 0 Å². The van der Waals surface area contributed by atoms with Crippen molar-refractivity contribution in [1.82, 2.24) is 10.3 Å². The van der Waals surface area contributed by atoms with Crippen molar-refractivity contribution < 1.29 is 13.9 Å². The van der Waals surface area contributed by atoms with E-state index in [0.29, 0.717) is 19.1 Å². The number of rotatable bonds is 4. The van der Waals surface area contributed by atoms with Gasteiger partial charge in [0, 0.05) is 32.3 Å². The Labute approximate surface area is 105 Å². The highest BCUT2D eigenvalue weighted by atomic mass is 19.1. The molecule has 1 aliphatic rings. The highest BCUT2D eigenvalue weighted by Crippen LogP contribution is 2.15. The number of amides is 1. The zero-order valence-electron chi connectivity index (χ0n) is 10.2. The van der Waals surface area contributed by atoms with Gasteiger partial charge in [-0.15, -0.1) is 0 Å². The number of halogens is 1. The summed E-state index contributed by atoms with van der Waals surface area (Å²) in [4.78, 5) is 15.6. The number of carbonyl (C=O) groups is 1. The summed E-state index contributed by atoms with van der Waals surface area (Å²) in [6, 6.07) is 1.37. The number of aromatic nitrogens is 1. The summed E-state index contributed by atoms with van der Waals surface area (Å²) in [5, 5.41) is 5.32. The highest BCUT2D eigenvalue weighted by molar-refractivity contribution is 5.95. The van der Waals surface area contributed by atoms with Crippen LogP contribution in [0, 0.1) is 11.7 Å². The smallest absolute Gasteiger partial charge is 0.254 e. The first kappa shape index (κ1) is 12.8. The third-order valence-corrected chi connectivity index (χ3v) is 2.95. The van der Waals surface area contributed by atoms with Crippen molar-refractivity contribution in [3.63, 3.8) is 0 Å². The van der Waals surface area contributed by atoms with E-state index in [9.17, 15) is 9.18 Å². The van der Waals surface area contributed by atoms with Gasteiger partial charge in [-0.3, -0.25) is 4.79 Å². The number of anilines is 1. The zero-order valence-corrected chi connectivity index (χ0v) is 10.2. The fraction of sp³-hybridized carbons (Fsp3) is 0.500. The molecule has 1 aliphatic heterocycles. The average molecular weight is 253 g/mol. The summed E-state index contributed by atoms with van der Waals surface area (Å²) in [6.07, 6.45) is 2.34. The largest absolute Gasteiger partial charge is 0.381 e. The molecule has 1 amide bonds. The molecule has 1 atom stereocenters. The first-order valence-electron chi connectivity index (χ1n) is 5.90. The maximum atomic E-state index is 13.8. The molecule has 2 heterocycles. The Morgan fingerprint density at radius 3 is 3.17 bits per heavy atom. The third kappa shape index (κ3) is 2.76. The molecule has 0 aromatic carbocycles. The molecule has 2 N–H and O–H groups in total. The van der Waals surface area contributed by atoms with Gasteiger partial charge in [0.05, 0.1) is 12.2 Å². The number of nitrogens with zero attached hydrogens (tertiary/aromatic N) is 1. The van der Waals surface area contributed by atoms with E-state index in [1.54, 1.807) is 7.05 Å². The molecule has 1 unspecified atom stereocenters. The molecule has 98 valence electrons. The number of pyridine rings is 1. The molecule has 1 fully saturated rings. The molecule has 0 spiro atoms. The molecule has 0 aliphatic carbocycles. The second kappa shape index (κ2) is 5.77. The monoisotopic (exact) mass is 253 g/mol. The molecule has 0 radical (unpaired) electrons. The van der Waals surface area contributed by atoms with Gasteiger partial charge < -0.3 is 15.4 Å². The van der Waals surface area contributed by atoms with Crippen molar-refractivity contribution >= 4 is 11.7 Å². The van der Waals surface area contributed by atoms with Crippen molar-refractivity contribution in [3.05, 3.63) is 23.6 Å². The van der Waals surface area contributed by atoms with E-state index >= 15 is 0 Å². The quantitative estimate of drug-likeness (QED) is 0.841. The summed E-state index contributed by atoms with van der Waals surface area (Å²) in [5.74, 6) is -0.645.